The topological polar surface area (TPSA) is 92.7 Å². The Balaban J connectivity index is 3.14. The molecule has 1 atom stereocenters. The van der Waals surface area contributed by atoms with Crippen molar-refractivity contribution in [2.75, 3.05) is 7.11 Å². The van der Waals surface area contributed by atoms with E-state index >= 15 is 0 Å². The van der Waals surface area contributed by atoms with Gasteiger partial charge < -0.3 is 9.84 Å². The zero-order valence-electron chi connectivity index (χ0n) is 11.9. The fourth-order valence-electron chi connectivity index (χ4n) is 1.75. The second kappa shape index (κ2) is 6.23. The third-order valence-corrected chi connectivity index (χ3v) is 4.49. The Bertz CT molecular complexity index is 595. The summed E-state index contributed by atoms with van der Waals surface area (Å²) in [7, 11) is -2.41. The number of carboxylic acid groups (broad SMARTS) is 1. The molecule has 1 rings (SSSR count). The standard InChI is InChI=1S/C13H19NO5S/c1-8(2)12(13(15)16)14-20(17,18)11-6-5-10(19-4)7-9(11)3/h5-8,12,14H,1-4H3,(H,15,16)/t12-/m0/s1. The van der Waals surface area contributed by atoms with Gasteiger partial charge in [0.05, 0.1) is 12.0 Å². The second-order valence-electron chi connectivity index (χ2n) is 4.81. The highest BCUT2D eigenvalue weighted by molar-refractivity contribution is 7.89. The lowest BCUT2D eigenvalue weighted by molar-refractivity contribution is -0.140. The lowest BCUT2D eigenvalue weighted by Crippen LogP contribution is -2.44. The molecule has 0 aliphatic rings. The highest BCUT2D eigenvalue weighted by atomic mass is 32.2. The van der Waals surface area contributed by atoms with E-state index in [-0.39, 0.29) is 10.8 Å². The summed E-state index contributed by atoms with van der Waals surface area (Å²) in [6.45, 7) is 4.91. The number of sulfonamides is 1. The van der Waals surface area contributed by atoms with Crippen LogP contribution in [0.2, 0.25) is 0 Å². The Morgan fingerprint density at radius 2 is 1.95 bits per heavy atom. The highest BCUT2D eigenvalue weighted by Gasteiger charge is 2.28. The molecule has 0 unspecified atom stereocenters. The minimum Gasteiger partial charge on any atom is -0.497 e. The van der Waals surface area contributed by atoms with Gasteiger partial charge in [-0.05, 0) is 36.6 Å². The number of carbonyl (C=O) groups is 1. The minimum absolute atomic E-state index is 0.0465. The maximum atomic E-state index is 12.3. The molecule has 7 heteroatoms. The van der Waals surface area contributed by atoms with Gasteiger partial charge in [0.1, 0.15) is 11.8 Å². The van der Waals surface area contributed by atoms with Gasteiger partial charge in [-0.3, -0.25) is 4.79 Å². The summed E-state index contributed by atoms with van der Waals surface area (Å²) >= 11 is 0. The van der Waals surface area contributed by atoms with Gasteiger partial charge >= 0.3 is 5.97 Å². The molecule has 0 aliphatic carbocycles. The lowest BCUT2D eigenvalue weighted by Gasteiger charge is -2.19. The first kappa shape index (κ1) is 16.5. The summed E-state index contributed by atoms with van der Waals surface area (Å²) in [4.78, 5) is 11.1. The quantitative estimate of drug-likeness (QED) is 0.828. The predicted molar refractivity (Wildman–Crippen MR) is 74.3 cm³/mol. The van der Waals surface area contributed by atoms with Crippen LogP contribution in [0, 0.1) is 12.8 Å². The summed E-state index contributed by atoms with van der Waals surface area (Å²) in [6, 6.07) is 3.34. The zero-order valence-corrected chi connectivity index (χ0v) is 12.7. The largest absolute Gasteiger partial charge is 0.497 e. The van der Waals surface area contributed by atoms with Crippen LogP contribution in [-0.2, 0) is 14.8 Å². The highest BCUT2D eigenvalue weighted by Crippen LogP contribution is 2.21. The number of nitrogens with one attached hydrogen (secondary N) is 1. The molecule has 1 aromatic carbocycles. The molecule has 6 nitrogen and oxygen atoms in total. The monoisotopic (exact) mass is 301 g/mol. The van der Waals surface area contributed by atoms with E-state index in [0.717, 1.165) is 0 Å². The van der Waals surface area contributed by atoms with Gasteiger partial charge in [-0.15, -0.1) is 0 Å². The van der Waals surface area contributed by atoms with Crippen LogP contribution in [0.15, 0.2) is 23.1 Å². The van der Waals surface area contributed by atoms with E-state index < -0.39 is 22.0 Å². The average molecular weight is 301 g/mol. The molecule has 0 saturated carbocycles. The van der Waals surface area contributed by atoms with Crippen molar-refractivity contribution < 1.29 is 23.1 Å². The Morgan fingerprint density at radius 1 is 1.35 bits per heavy atom. The first-order valence-corrected chi connectivity index (χ1v) is 7.57. The van der Waals surface area contributed by atoms with Crippen molar-refractivity contribution in [2.45, 2.75) is 31.7 Å². The summed E-state index contributed by atoms with van der Waals surface area (Å²) < 4.78 is 31.7. The van der Waals surface area contributed by atoms with Crippen LogP contribution in [0.25, 0.3) is 0 Å². The number of hydrogen-bond donors (Lipinski definition) is 2. The average Bonchev–Trinajstić information content (AvgIpc) is 2.34. The molecule has 2 N–H and O–H groups in total. The van der Waals surface area contributed by atoms with E-state index in [1.165, 1.54) is 19.2 Å². The van der Waals surface area contributed by atoms with E-state index in [2.05, 4.69) is 4.72 Å². The SMILES string of the molecule is COc1ccc(S(=O)(=O)N[C@H](C(=O)O)C(C)C)c(C)c1. The molecule has 0 aliphatic heterocycles. The third kappa shape index (κ3) is 3.71. The van der Waals surface area contributed by atoms with E-state index in [1.807, 2.05) is 0 Å². The molecule has 0 spiro atoms. The number of rotatable bonds is 6. The number of methoxy groups -OCH3 is 1. The van der Waals surface area contributed by atoms with Crippen LogP contribution in [0.1, 0.15) is 19.4 Å². The summed E-state index contributed by atoms with van der Waals surface area (Å²) in [6.07, 6.45) is 0. The van der Waals surface area contributed by atoms with Crippen molar-refractivity contribution >= 4 is 16.0 Å². The number of hydrogen-bond acceptors (Lipinski definition) is 4. The van der Waals surface area contributed by atoms with Gasteiger partial charge in [0, 0.05) is 0 Å². The number of aryl methyl sites for hydroxylation is 1. The lowest BCUT2D eigenvalue weighted by atomic mass is 10.1. The van der Waals surface area contributed by atoms with Crippen LogP contribution < -0.4 is 9.46 Å². The Hall–Kier alpha value is -1.60. The maximum absolute atomic E-state index is 12.3. The normalized spacial score (nSPS) is 13.2. The molecule has 112 valence electrons. The van der Waals surface area contributed by atoms with Crippen LogP contribution in [0.5, 0.6) is 5.75 Å². The molecule has 0 amide bonds. The predicted octanol–water partition coefficient (Wildman–Crippen LogP) is 1.39. The summed E-state index contributed by atoms with van der Waals surface area (Å²) in [5, 5.41) is 9.06. The molecule has 0 radical (unpaired) electrons. The summed E-state index contributed by atoms with van der Waals surface area (Å²) in [5.74, 6) is -1.02. The fraction of sp³-hybridized carbons (Fsp3) is 0.462. The van der Waals surface area contributed by atoms with Crippen LogP contribution >= 0.6 is 0 Å². The van der Waals surface area contributed by atoms with Crippen LogP contribution in [0.4, 0.5) is 0 Å². The molecular formula is C13H19NO5S. The van der Waals surface area contributed by atoms with Crippen molar-refractivity contribution in [1.29, 1.82) is 0 Å². The smallest absolute Gasteiger partial charge is 0.322 e. The van der Waals surface area contributed by atoms with Crippen LogP contribution in [0.3, 0.4) is 0 Å². The molecule has 0 fully saturated rings. The summed E-state index contributed by atoms with van der Waals surface area (Å²) in [5.41, 5.74) is 0.491. The Morgan fingerprint density at radius 3 is 2.35 bits per heavy atom. The van der Waals surface area contributed by atoms with Gasteiger partial charge in [0.2, 0.25) is 10.0 Å². The molecule has 0 aromatic heterocycles. The first-order valence-electron chi connectivity index (χ1n) is 6.09. The van der Waals surface area contributed by atoms with Crippen molar-refractivity contribution in [3.05, 3.63) is 23.8 Å². The fourth-order valence-corrected chi connectivity index (χ4v) is 3.32. The van der Waals surface area contributed by atoms with Gasteiger partial charge in [0.15, 0.2) is 0 Å². The number of benzene rings is 1. The van der Waals surface area contributed by atoms with Gasteiger partial charge in [-0.25, -0.2) is 8.42 Å². The molecule has 20 heavy (non-hydrogen) atoms. The van der Waals surface area contributed by atoms with Gasteiger partial charge in [-0.1, -0.05) is 13.8 Å². The van der Waals surface area contributed by atoms with E-state index in [0.29, 0.717) is 11.3 Å². The number of carboxylic acids is 1. The van der Waals surface area contributed by atoms with Gasteiger partial charge in [-0.2, -0.15) is 4.72 Å². The number of ether oxygens (including phenoxy) is 1. The third-order valence-electron chi connectivity index (χ3n) is 2.89. The van der Waals surface area contributed by atoms with E-state index in [9.17, 15) is 13.2 Å². The molecule has 0 saturated heterocycles. The van der Waals surface area contributed by atoms with Crippen molar-refractivity contribution in [3.63, 3.8) is 0 Å². The second-order valence-corrected chi connectivity index (χ2v) is 6.50. The molecular weight excluding hydrogens is 282 g/mol. The van der Waals surface area contributed by atoms with Crippen LogP contribution in [-0.4, -0.2) is 32.6 Å². The molecule has 0 bridgehead atoms. The van der Waals surface area contributed by atoms with Gasteiger partial charge in [0.25, 0.3) is 0 Å². The minimum atomic E-state index is -3.89. The first-order chi connectivity index (χ1) is 9.19. The van der Waals surface area contributed by atoms with E-state index in [1.54, 1.807) is 26.8 Å². The van der Waals surface area contributed by atoms with Crippen molar-refractivity contribution in [2.24, 2.45) is 5.92 Å². The van der Waals surface area contributed by atoms with Crippen molar-refractivity contribution in [1.82, 2.24) is 4.72 Å². The molecule has 0 heterocycles. The van der Waals surface area contributed by atoms with E-state index in [4.69, 9.17) is 9.84 Å². The molecule has 1 aromatic rings. The maximum Gasteiger partial charge on any atom is 0.322 e. The number of aliphatic carboxylic acids is 1. The van der Waals surface area contributed by atoms with Crippen molar-refractivity contribution in [3.8, 4) is 5.75 Å². The Kier molecular flexibility index (Phi) is 5.13. The Labute approximate surface area is 118 Å². The zero-order chi connectivity index (χ0) is 15.5.